The topological polar surface area (TPSA) is 15.3 Å². The van der Waals surface area contributed by atoms with E-state index in [1.807, 2.05) is 13.8 Å². The van der Waals surface area contributed by atoms with Gasteiger partial charge in [-0.3, -0.25) is 4.90 Å². The minimum atomic E-state index is -4.07. The summed E-state index contributed by atoms with van der Waals surface area (Å²) >= 11 is 0. The number of piperidine rings is 1. The molecule has 0 aromatic carbocycles. The third-order valence-electron chi connectivity index (χ3n) is 2.89. The van der Waals surface area contributed by atoms with E-state index in [0.29, 0.717) is 12.6 Å². The maximum Gasteiger partial charge on any atom is 0.401 e. The van der Waals surface area contributed by atoms with Crippen LogP contribution in [0.25, 0.3) is 0 Å². The van der Waals surface area contributed by atoms with Crippen LogP contribution < -0.4 is 5.32 Å². The monoisotopic (exact) mass is 224 g/mol. The molecule has 15 heavy (non-hydrogen) atoms. The predicted molar refractivity (Wildman–Crippen MR) is 53.8 cm³/mol. The normalized spacial score (nSPS) is 29.4. The van der Waals surface area contributed by atoms with E-state index in [1.165, 1.54) is 4.90 Å². The van der Waals surface area contributed by atoms with Crippen molar-refractivity contribution in [3.05, 3.63) is 0 Å². The van der Waals surface area contributed by atoms with Gasteiger partial charge < -0.3 is 5.32 Å². The first-order chi connectivity index (χ1) is 6.92. The lowest BCUT2D eigenvalue weighted by Gasteiger charge is -2.38. The van der Waals surface area contributed by atoms with E-state index >= 15 is 0 Å². The summed E-state index contributed by atoms with van der Waals surface area (Å²) in [5.41, 5.74) is 0. The second-order valence-corrected chi connectivity index (χ2v) is 4.21. The van der Waals surface area contributed by atoms with Crippen LogP contribution in [0.1, 0.15) is 26.7 Å². The van der Waals surface area contributed by atoms with Gasteiger partial charge >= 0.3 is 6.18 Å². The zero-order valence-electron chi connectivity index (χ0n) is 9.27. The van der Waals surface area contributed by atoms with Crippen molar-refractivity contribution in [2.75, 3.05) is 19.6 Å². The second-order valence-electron chi connectivity index (χ2n) is 4.21. The molecule has 0 bridgehead atoms. The molecule has 1 N–H and O–H groups in total. The van der Waals surface area contributed by atoms with Gasteiger partial charge in [0.05, 0.1) is 6.54 Å². The van der Waals surface area contributed by atoms with Crippen LogP contribution in [0.5, 0.6) is 0 Å². The largest absolute Gasteiger partial charge is 0.401 e. The Kier molecular flexibility index (Phi) is 4.40. The van der Waals surface area contributed by atoms with Crippen LogP contribution in [-0.2, 0) is 0 Å². The summed E-state index contributed by atoms with van der Waals surface area (Å²) in [5, 5.41) is 3.29. The first-order valence-corrected chi connectivity index (χ1v) is 5.46. The molecule has 1 aliphatic heterocycles. The summed E-state index contributed by atoms with van der Waals surface area (Å²) in [6.45, 7) is 4.55. The summed E-state index contributed by atoms with van der Waals surface area (Å²) in [4.78, 5) is 1.52. The first-order valence-electron chi connectivity index (χ1n) is 5.46. The van der Waals surface area contributed by atoms with E-state index in [1.54, 1.807) is 0 Å². The Balaban J connectivity index is 2.39. The summed E-state index contributed by atoms with van der Waals surface area (Å²) in [6.07, 6.45) is -2.45. The molecule has 1 aliphatic rings. The molecule has 0 saturated carbocycles. The Morgan fingerprint density at radius 3 is 2.53 bits per heavy atom. The van der Waals surface area contributed by atoms with Crippen LogP contribution in [0.15, 0.2) is 0 Å². The Morgan fingerprint density at radius 1 is 1.40 bits per heavy atom. The molecule has 1 saturated heterocycles. The molecule has 1 rings (SSSR count). The van der Waals surface area contributed by atoms with Gasteiger partial charge in [0, 0.05) is 18.6 Å². The number of nitrogens with zero attached hydrogens (tertiary/aromatic N) is 1. The van der Waals surface area contributed by atoms with Gasteiger partial charge in [0.25, 0.3) is 0 Å². The van der Waals surface area contributed by atoms with Crippen LogP contribution in [0.4, 0.5) is 13.2 Å². The van der Waals surface area contributed by atoms with Crippen LogP contribution in [-0.4, -0.2) is 42.8 Å². The van der Waals surface area contributed by atoms with Gasteiger partial charge in [-0.15, -0.1) is 0 Å². The maximum atomic E-state index is 12.2. The molecule has 0 aromatic heterocycles. The molecular weight excluding hydrogens is 205 g/mol. The summed E-state index contributed by atoms with van der Waals surface area (Å²) in [5.74, 6) is 0. The molecule has 1 fully saturated rings. The lowest BCUT2D eigenvalue weighted by molar-refractivity contribution is -0.153. The van der Waals surface area contributed by atoms with Gasteiger partial charge in [-0.05, 0) is 26.3 Å². The van der Waals surface area contributed by atoms with Crippen molar-refractivity contribution in [1.82, 2.24) is 10.2 Å². The third-order valence-corrected chi connectivity index (χ3v) is 2.89. The molecule has 5 heteroatoms. The van der Waals surface area contributed by atoms with Crippen LogP contribution in [0, 0.1) is 0 Å². The van der Waals surface area contributed by atoms with Gasteiger partial charge in [-0.25, -0.2) is 0 Å². The van der Waals surface area contributed by atoms with Crippen molar-refractivity contribution in [2.45, 2.75) is 44.9 Å². The van der Waals surface area contributed by atoms with Crippen molar-refractivity contribution in [3.63, 3.8) is 0 Å². The number of hydrogen-bond donors (Lipinski definition) is 1. The number of halogens is 3. The van der Waals surface area contributed by atoms with E-state index in [2.05, 4.69) is 5.32 Å². The predicted octanol–water partition coefficient (Wildman–Crippen LogP) is 2.01. The number of hydrogen-bond acceptors (Lipinski definition) is 2. The average Bonchev–Trinajstić information content (AvgIpc) is 2.08. The standard InChI is InChI=1S/C10H19F3N2/c1-3-14-9-4-5-15(8(2)6-9)7-10(11,12)13/h8-9,14H,3-7H2,1-2H3. The molecule has 0 aliphatic carbocycles. The van der Waals surface area contributed by atoms with Gasteiger partial charge in [-0.2, -0.15) is 13.2 Å². The first kappa shape index (κ1) is 12.8. The van der Waals surface area contributed by atoms with Crippen LogP contribution in [0.2, 0.25) is 0 Å². The fourth-order valence-corrected chi connectivity index (χ4v) is 2.16. The zero-order valence-corrected chi connectivity index (χ0v) is 9.27. The summed E-state index contributed by atoms with van der Waals surface area (Å²) in [6, 6.07) is 0.402. The molecule has 1 heterocycles. The summed E-state index contributed by atoms with van der Waals surface area (Å²) in [7, 11) is 0. The average molecular weight is 224 g/mol. The second kappa shape index (κ2) is 5.16. The van der Waals surface area contributed by atoms with Crippen molar-refractivity contribution in [2.24, 2.45) is 0 Å². The van der Waals surface area contributed by atoms with Crippen molar-refractivity contribution >= 4 is 0 Å². The number of alkyl halides is 3. The van der Waals surface area contributed by atoms with Crippen molar-refractivity contribution in [3.8, 4) is 0 Å². The minimum Gasteiger partial charge on any atom is -0.314 e. The van der Waals surface area contributed by atoms with E-state index < -0.39 is 12.7 Å². The highest BCUT2D eigenvalue weighted by molar-refractivity contribution is 4.83. The van der Waals surface area contributed by atoms with Crippen molar-refractivity contribution in [1.29, 1.82) is 0 Å². The Bertz CT molecular complexity index is 194. The van der Waals surface area contributed by atoms with Gasteiger partial charge in [0.15, 0.2) is 0 Å². The Morgan fingerprint density at radius 2 is 2.07 bits per heavy atom. The number of nitrogens with one attached hydrogen (secondary N) is 1. The molecular formula is C10H19F3N2. The molecule has 0 spiro atoms. The van der Waals surface area contributed by atoms with E-state index in [4.69, 9.17) is 0 Å². The molecule has 90 valence electrons. The Hall–Kier alpha value is -0.290. The fraction of sp³-hybridized carbons (Fsp3) is 1.00. The molecule has 2 nitrogen and oxygen atoms in total. The number of likely N-dealkylation sites (tertiary alicyclic amines) is 1. The SMILES string of the molecule is CCNC1CCN(CC(F)(F)F)C(C)C1. The smallest absolute Gasteiger partial charge is 0.314 e. The Labute approximate surface area is 88.8 Å². The lowest BCUT2D eigenvalue weighted by Crippen LogP contribution is -2.50. The zero-order chi connectivity index (χ0) is 11.5. The quantitative estimate of drug-likeness (QED) is 0.789. The molecule has 2 atom stereocenters. The highest BCUT2D eigenvalue weighted by Gasteiger charge is 2.35. The molecule has 2 unspecified atom stereocenters. The molecule has 0 radical (unpaired) electrons. The van der Waals surface area contributed by atoms with Crippen LogP contribution in [0.3, 0.4) is 0 Å². The fourth-order valence-electron chi connectivity index (χ4n) is 2.16. The molecule has 0 aromatic rings. The van der Waals surface area contributed by atoms with Gasteiger partial charge in [0.1, 0.15) is 0 Å². The molecule has 0 amide bonds. The highest BCUT2D eigenvalue weighted by Crippen LogP contribution is 2.23. The van der Waals surface area contributed by atoms with Crippen molar-refractivity contribution < 1.29 is 13.2 Å². The number of rotatable bonds is 3. The summed E-state index contributed by atoms with van der Waals surface area (Å²) < 4.78 is 36.6. The van der Waals surface area contributed by atoms with E-state index in [-0.39, 0.29) is 6.04 Å². The van der Waals surface area contributed by atoms with Crippen LogP contribution >= 0.6 is 0 Å². The van der Waals surface area contributed by atoms with Gasteiger partial charge in [0.2, 0.25) is 0 Å². The minimum absolute atomic E-state index is 0.0180. The van der Waals surface area contributed by atoms with E-state index in [9.17, 15) is 13.2 Å². The highest BCUT2D eigenvalue weighted by atomic mass is 19.4. The maximum absolute atomic E-state index is 12.2. The lowest BCUT2D eigenvalue weighted by atomic mass is 9.98. The third kappa shape index (κ3) is 4.38. The van der Waals surface area contributed by atoms with Gasteiger partial charge in [-0.1, -0.05) is 6.92 Å². The van der Waals surface area contributed by atoms with E-state index in [0.717, 1.165) is 19.4 Å².